The summed E-state index contributed by atoms with van der Waals surface area (Å²) in [7, 11) is 0. The molecule has 82 valence electrons. The quantitative estimate of drug-likeness (QED) is 0.823. The molecule has 2 rings (SSSR count). The summed E-state index contributed by atoms with van der Waals surface area (Å²) in [6.07, 6.45) is 2.45. The molecule has 1 aliphatic carbocycles. The maximum atomic E-state index is 5.85. The zero-order valence-corrected chi connectivity index (χ0v) is 9.50. The van der Waals surface area contributed by atoms with E-state index in [1.54, 1.807) is 0 Å². The zero-order valence-electron chi connectivity index (χ0n) is 8.75. The van der Waals surface area contributed by atoms with E-state index in [2.05, 4.69) is 17.4 Å². The van der Waals surface area contributed by atoms with Crippen molar-refractivity contribution in [1.29, 1.82) is 0 Å². The lowest BCUT2D eigenvalue weighted by atomic mass is 9.76. The summed E-state index contributed by atoms with van der Waals surface area (Å²) in [6, 6.07) is 8.86. The molecule has 0 radical (unpaired) electrons. The van der Waals surface area contributed by atoms with Crippen LogP contribution in [0.5, 0.6) is 0 Å². The molecular formula is C12H17ClN2. The van der Waals surface area contributed by atoms with Gasteiger partial charge in [-0.1, -0.05) is 23.7 Å². The summed E-state index contributed by atoms with van der Waals surface area (Å²) in [5.74, 6) is 0.706. The first-order valence-corrected chi connectivity index (χ1v) is 5.86. The monoisotopic (exact) mass is 224 g/mol. The maximum Gasteiger partial charge on any atom is 0.0406 e. The van der Waals surface area contributed by atoms with Gasteiger partial charge in [0.2, 0.25) is 0 Å². The molecule has 0 amide bonds. The fraction of sp³-hybridized carbons (Fsp3) is 0.500. The van der Waals surface area contributed by atoms with E-state index in [-0.39, 0.29) is 0 Å². The van der Waals surface area contributed by atoms with Crippen LogP contribution in [0.1, 0.15) is 24.3 Å². The molecule has 1 aliphatic rings. The number of halogens is 1. The van der Waals surface area contributed by atoms with Gasteiger partial charge in [0.05, 0.1) is 0 Å². The SMILES string of the molecule is NCCNC1CC(c2ccc(Cl)cc2)C1. The normalized spacial score (nSPS) is 24.9. The molecule has 1 aromatic rings. The fourth-order valence-electron chi connectivity index (χ4n) is 2.08. The summed E-state index contributed by atoms with van der Waals surface area (Å²) in [6.45, 7) is 1.65. The van der Waals surface area contributed by atoms with Gasteiger partial charge in [-0.3, -0.25) is 0 Å². The molecule has 0 aromatic heterocycles. The van der Waals surface area contributed by atoms with Crippen molar-refractivity contribution in [2.45, 2.75) is 24.8 Å². The van der Waals surface area contributed by atoms with Gasteiger partial charge >= 0.3 is 0 Å². The largest absolute Gasteiger partial charge is 0.329 e. The van der Waals surface area contributed by atoms with Crippen LogP contribution < -0.4 is 11.1 Å². The van der Waals surface area contributed by atoms with Gasteiger partial charge in [0.25, 0.3) is 0 Å². The Morgan fingerprint density at radius 2 is 1.93 bits per heavy atom. The van der Waals surface area contributed by atoms with E-state index in [1.165, 1.54) is 18.4 Å². The second-order valence-corrected chi connectivity index (χ2v) is 4.60. The van der Waals surface area contributed by atoms with Gasteiger partial charge < -0.3 is 11.1 Å². The molecule has 2 nitrogen and oxygen atoms in total. The highest BCUT2D eigenvalue weighted by atomic mass is 35.5. The predicted octanol–water partition coefficient (Wildman–Crippen LogP) is 2.13. The molecule has 15 heavy (non-hydrogen) atoms. The second kappa shape index (κ2) is 4.97. The summed E-state index contributed by atoms with van der Waals surface area (Å²) in [4.78, 5) is 0. The standard InChI is InChI=1S/C12H17ClN2/c13-11-3-1-9(2-4-11)10-7-12(8-10)15-6-5-14/h1-4,10,12,15H,5-8,14H2. The van der Waals surface area contributed by atoms with Crippen molar-refractivity contribution in [3.05, 3.63) is 34.9 Å². The summed E-state index contributed by atoms with van der Waals surface area (Å²) >= 11 is 5.85. The molecule has 3 heteroatoms. The highest BCUT2D eigenvalue weighted by Gasteiger charge is 2.29. The van der Waals surface area contributed by atoms with Gasteiger partial charge in [-0.2, -0.15) is 0 Å². The van der Waals surface area contributed by atoms with Crippen LogP contribution in [0, 0.1) is 0 Å². The number of nitrogens with two attached hydrogens (primary N) is 1. The number of nitrogens with one attached hydrogen (secondary N) is 1. The van der Waals surface area contributed by atoms with Gasteiger partial charge in [0.15, 0.2) is 0 Å². The molecule has 1 fully saturated rings. The van der Waals surface area contributed by atoms with Crippen molar-refractivity contribution in [3.8, 4) is 0 Å². The lowest BCUT2D eigenvalue weighted by molar-refractivity contribution is 0.294. The van der Waals surface area contributed by atoms with Crippen LogP contribution in [0.2, 0.25) is 5.02 Å². The van der Waals surface area contributed by atoms with Gasteiger partial charge in [0.1, 0.15) is 0 Å². The Morgan fingerprint density at radius 3 is 2.53 bits per heavy atom. The van der Waals surface area contributed by atoms with Crippen LogP contribution in [0.25, 0.3) is 0 Å². The summed E-state index contributed by atoms with van der Waals surface area (Å²) in [5.41, 5.74) is 6.85. The van der Waals surface area contributed by atoms with Crippen molar-refractivity contribution < 1.29 is 0 Å². The minimum absolute atomic E-state index is 0.661. The number of hydrogen-bond donors (Lipinski definition) is 2. The van der Waals surface area contributed by atoms with Gasteiger partial charge in [-0.05, 0) is 36.5 Å². The first-order valence-electron chi connectivity index (χ1n) is 5.48. The summed E-state index contributed by atoms with van der Waals surface area (Å²) in [5, 5.41) is 4.24. The molecule has 1 saturated carbocycles. The Balaban J connectivity index is 1.81. The molecule has 3 N–H and O–H groups in total. The zero-order chi connectivity index (χ0) is 10.7. The first kappa shape index (κ1) is 10.9. The molecule has 0 aliphatic heterocycles. The summed E-state index contributed by atoms with van der Waals surface area (Å²) < 4.78 is 0. The maximum absolute atomic E-state index is 5.85. The molecular weight excluding hydrogens is 208 g/mol. The average molecular weight is 225 g/mol. The van der Waals surface area contributed by atoms with Crippen LogP contribution in [-0.4, -0.2) is 19.1 Å². The van der Waals surface area contributed by atoms with Gasteiger partial charge in [0, 0.05) is 24.2 Å². The van der Waals surface area contributed by atoms with Crippen molar-refractivity contribution in [2.24, 2.45) is 5.73 Å². The highest BCUT2D eigenvalue weighted by molar-refractivity contribution is 6.30. The van der Waals surface area contributed by atoms with Crippen molar-refractivity contribution >= 4 is 11.6 Å². The average Bonchev–Trinajstić information content (AvgIpc) is 2.18. The third kappa shape index (κ3) is 2.71. The smallest absolute Gasteiger partial charge is 0.0406 e. The van der Waals surface area contributed by atoms with Crippen LogP contribution in [0.4, 0.5) is 0 Å². The first-order chi connectivity index (χ1) is 7.29. The third-order valence-corrected chi connectivity index (χ3v) is 3.31. The van der Waals surface area contributed by atoms with Crippen LogP contribution in [0.15, 0.2) is 24.3 Å². The fourth-order valence-corrected chi connectivity index (χ4v) is 2.21. The van der Waals surface area contributed by atoms with Gasteiger partial charge in [-0.15, -0.1) is 0 Å². The van der Waals surface area contributed by atoms with Crippen molar-refractivity contribution in [3.63, 3.8) is 0 Å². The molecule has 0 heterocycles. The Bertz CT molecular complexity index is 304. The molecule has 0 atom stereocenters. The lowest BCUT2D eigenvalue weighted by Crippen LogP contribution is -2.42. The Labute approximate surface area is 95.8 Å². The molecule has 0 saturated heterocycles. The van der Waals surface area contributed by atoms with Crippen molar-refractivity contribution in [1.82, 2.24) is 5.32 Å². The van der Waals surface area contributed by atoms with Crippen LogP contribution >= 0.6 is 11.6 Å². The Morgan fingerprint density at radius 1 is 1.27 bits per heavy atom. The topological polar surface area (TPSA) is 38.0 Å². The van der Waals surface area contributed by atoms with E-state index < -0.39 is 0 Å². The highest BCUT2D eigenvalue weighted by Crippen LogP contribution is 2.36. The van der Waals surface area contributed by atoms with Crippen LogP contribution in [-0.2, 0) is 0 Å². The predicted molar refractivity (Wildman–Crippen MR) is 64.3 cm³/mol. The minimum Gasteiger partial charge on any atom is -0.329 e. The van der Waals surface area contributed by atoms with Crippen molar-refractivity contribution in [2.75, 3.05) is 13.1 Å². The molecule has 0 bridgehead atoms. The number of benzene rings is 1. The van der Waals surface area contributed by atoms with E-state index in [9.17, 15) is 0 Å². The van der Waals surface area contributed by atoms with Crippen LogP contribution in [0.3, 0.4) is 0 Å². The van der Waals surface area contributed by atoms with E-state index in [0.717, 1.165) is 18.1 Å². The molecule has 1 aromatic carbocycles. The number of rotatable bonds is 4. The molecule has 0 unspecified atom stereocenters. The Hall–Kier alpha value is -0.570. The Kier molecular flexibility index (Phi) is 3.62. The van der Waals surface area contributed by atoms with Gasteiger partial charge in [-0.25, -0.2) is 0 Å². The third-order valence-electron chi connectivity index (χ3n) is 3.06. The van der Waals surface area contributed by atoms with E-state index in [4.69, 9.17) is 17.3 Å². The van der Waals surface area contributed by atoms with E-state index in [1.807, 2.05) is 12.1 Å². The van der Waals surface area contributed by atoms with E-state index >= 15 is 0 Å². The lowest BCUT2D eigenvalue weighted by Gasteiger charge is -2.36. The number of hydrogen-bond acceptors (Lipinski definition) is 2. The van der Waals surface area contributed by atoms with E-state index in [0.29, 0.717) is 12.0 Å². The molecule has 0 spiro atoms. The minimum atomic E-state index is 0.661. The second-order valence-electron chi connectivity index (χ2n) is 4.16.